The van der Waals surface area contributed by atoms with Crippen molar-refractivity contribution in [1.82, 2.24) is 10.2 Å². The Morgan fingerprint density at radius 3 is 2.26 bits per heavy atom. The Morgan fingerprint density at radius 1 is 0.895 bits per heavy atom. The van der Waals surface area contributed by atoms with E-state index in [-0.39, 0.29) is 24.5 Å². The van der Waals surface area contributed by atoms with Crippen molar-refractivity contribution < 1.29 is 14.3 Å². The minimum absolute atomic E-state index is 0.0880. The second kappa shape index (κ2) is 13.8. The third kappa shape index (κ3) is 7.70. The molecule has 3 aromatic carbocycles. The van der Waals surface area contributed by atoms with Crippen LogP contribution in [-0.2, 0) is 29.0 Å². The summed E-state index contributed by atoms with van der Waals surface area (Å²) >= 11 is 0. The predicted molar refractivity (Wildman–Crippen MR) is 152 cm³/mol. The molecule has 1 saturated carbocycles. The van der Waals surface area contributed by atoms with Crippen LogP contribution < -0.4 is 10.1 Å². The van der Waals surface area contributed by atoms with Gasteiger partial charge in [0.1, 0.15) is 11.8 Å². The van der Waals surface area contributed by atoms with Crippen molar-refractivity contribution in [3.8, 4) is 5.75 Å². The third-order valence-electron chi connectivity index (χ3n) is 7.52. The summed E-state index contributed by atoms with van der Waals surface area (Å²) in [6, 6.07) is 25.3. The van der Waals surface area contributed by atoms with Crippen LogP contribution in [0.3, 0.4) is 0 Å². The molecule has 0 heterocycles. The van der Waals surface area contributed by atoms with Gasteiger partial charge < -0.3 is 15.0 Å². The molecule has 2 amide bonds. The van der Waals surface area contributed by atoms with Crippen LogP contribution in [0.5, 0.6) is 5.75 Å². The summed E-state index contributed by atoms with van der Waals surface area (Å²) < 4.78 is 5.92. The van der Waals surface area contributed by atoms with Gasteiger partial charge in [-0.2, -0.15) is 0 Å². The Labute approximate surface area is 227 Å². The SMILES string of the molecule is CCc1ccc(OCC(=O)N(Cc2ccccc2C)[C@H](Cc2ccccc2)C(=O)NC2CCCCC2)cc1. The number of nitrogens with one attached hydrogen (secondary N) is 1. The van der Waals surface area contributed by atoms with Crippen LogP contribution in [0, 0.1) is 6.92 Å². The summed E-state index contributed by atoms with van der Waals surface area (Å²) in [5, 5.41) is 3.29. The maximum Gasteiger partial charge on any atom is 0.261 e. The maximum absolute atomic E-state index is 13.8. The Bertz CT molecular complexity index is 1170. The number of ether oxygens (including phenoxy) is 1. The zero-order valence-electron chi connectivity index (χ0n) is 22.7. The van der Waals surface area contributed by atoms with Crippen LogP contribution in [0.25, 0.3) is 0 Å². The zero-order valence-corrected chi connectivity index (χ0v) is 22.7. The number of aryl methyl sites for hydroxylation is 2. The molecule has 1 fully saturated rings. The first-order chi connectivity index (χ1) is 18.5. The van der Waals surface area contributed by atoms with Crippen molar-refractivity contribution in [1.29, 1.82) is 0 Å². The van der Waals surface area contributed by atoms with Gasteiger partial charge in [-0.25, -0.2) is 0 Å². The quantitative estimate of drug-likeness (QED) is 0.342. The fourth-order valence-electron chi connectivity index (χ4n) is 5.12. The van der Waals surface area contributed by atoms with Crippen molar-refractivity contribution in [3.05, 3.63) is 101 Å². The Hall–Kier alpha value is -3.60. The average molecular weight is 513 g/mol. The van der Waals surface area contributed by atoms with E-state index < -0.39 is 6.04 Å². The molecule has 3 aromatic rings. The van der Waals surface area contributed by atoms with Crippen molar-refractivity contribution in [2.75, 3.05) is 6.61 Å². The minimum atomic E-state index is -0.641. The molecule has 1 aliphatic carbocycles. The Morgan fingerprint density at radius 2 is 1.58 bits per heavy atom. The summed E-state index contributed by atoms with van der Waals surface area (Å²) in [4.78, 5) is 29.4. The molecule has 0 bridgehead atoms. The molecule has 4 rings (SSSR count). The molecule has 0 aliphatic heterocycles. The van der Waals surface area contributed by atoms with E-state index in [1.54, 1.807) is 4.90 Å². The first-order valence-electron chi connectivity index (χ1n) is 13.9. The molecule has 0 spiro atoms. The zero-order chi connectivity index (χ0) is 26.7. The van der Waals surface area contributed by atoms with Gasteiger partial charge >= 0.3 is 0 Å². The largest absolute Gasteiger partial charge is 0.484 e. The normalized spacial score (nSPS) is 14.5. The van der Waals surface area contributed by atoms with Crippen molar-refractivity contribution in [3.63, 3.8) is 0 Å². The molecule has 5 heteroatoms. The molecule has 1 aliphatic rings. The van der Waals surface area contributed by atoms with E-state index in [2.05, 4.69) is 12.2 Å². The summed E-state index contributed by atoms with van der Waals surface area (Å²) in [6.45, 7) is 4.37. The van der Waals surface area contributed by atoms with Crippen molar-refractivity contribution >= 4 is 11.8 Å². The lowest BCUT2D eigenvalue weighted by atomic mass is 9.94. The molecular weight excluding hydrogens is 472 g/mol. The molecule has 0 unspecified atom stereocenters. The Kier molecular flexibility index (Phi) is 9.97. The van der Waals surface area contributed by atoms with Gasteiger partial charge in [-0.15, -0.1) is 0 Å². The molecule has 0 aromatic heterocycles. The highest BCUT2D eigenvalue weighted by Gasteiger charge is 2.32. The van der Waals surface area contributed by atoms with E-state index in [0.29, 0.717) is 18.7 Å². The molecule has 200 valence electrons. The van der Waals surface area contributed by atoms with Crippen LogP contribution >= 0.6 is 0 Å². The predicted octanol–water partition coefficient (Wildman–Crippen LogP) is 6.03. The van der Waals surface area contributed by atoms with Gasteiger partial charge in [0.25, 0.3) is 5.91 Å². The first-order valence-corrected chi connectivity index (χ1v) is 13.9. The monoisotopic (exact) mass is 512 g/mol. The highest BCUT2D eigenvalue weighted by molar-refractivity contribution is 5.88. The number of nitrogens with zero attached hydrogens (tertiary/aromatic N) is 1. The standard InChI is InChI=1S/C33H40N2O3/c1-3-26-18-20-30(21-19-26)38-24-32(36)35(23-28-15-11-10-12-25(28)2)31(22-27-13-6-4-7-14-27)33(37)34-29-16-8-5-9-17-29/h4,6-7,10-15,18-21,29,31H,3,5,8-9,16-17,22-24H2,1-2H3,(H,34,37)/t31-/m1/s1. The van der Waals surface area contributed by atoms with Crippen molar-refractivity contribution in [2.45, 2.75) is 77.4 Å². The van der Waals surface area contributed by atoms with Crippen LogP contribution in [0.15, 0.2) is 78.9 Å². The molecule has 1 N–H and O–H groups in total. The number of hydrogen-bond acceptors (Lipinski definition) is 3. The lowest BCUT2D eigenvalue weighted by molar-refractivity contribution is -0.143. The second-order valence-corrected chi connectivity index (χ2v) is 10.3. The van der Waals surface area contributed by atoms with Gasteiger partial charge in [0.2, 0.25) is 5.91 Å². The number of carbonyl (C=O) groups is 2. The van der Waals surface area contributed by atoms with Gasteiger partial charge in [-0.05, 0) is 60.6 Å². The number of rotatable bonds is 11. The van der Waals surface area contributed by atoms with E-state index in [1.807, 2.05) is 85.8 Å². The topological polar surface area (TPSA) is 58.6 Å². The van der Waals surface area contributed by atoms with E-state index in [9.17, 15) is 9.59 Å². The van der Waals surface area contributed by atoms with Gasteiger partial charge in [0.15, 0.2) is 6.61 Å². The summed E-state index contributed by atoms with van der Waals surface area (Å²) in [5.74, 6) is 0.361. The lowest BCUT2D eigenvalue weighted by Crippen LogP contribution is -2.53. The van der Waals surface area contributed by atoms with Crippen LogP contribution in [-0.4, -0.2) is 35.4 Å². The van der Waals surface area contributed by atoms with E-state index in [1.165, 1.54) is 12.0 Å². The maximum atomic E-state index is 13.8. The number of hydrogen-bond donors (Lipinski definition) is 1. The molecule has 0 radical (unpaired) electrons. The van der Waals surface area contributed by atoms with Gasteiger partial charge in [-0.1, -0.05) is 92.9 Å². The smallest absolute Gasteiger partial charge is 0.261 e. The van der Waals surface area contributed by atoms with Gasteiger partial charge in [0.05, 0.1) is 0 Å². The molecule has 1 atom stereocenters. The Balaban J connectivity index is 1.60. The number of benzene rings is 3. The molecular formula is C33H40N2O3. The lowest BCUT2D eigenvalue weighted by Gasteiger charge is -2.33. The number of carbonyl (C=O) groups excluding carboxylic acids is 2. The second-order valence-electron chi connectivity index (χ2n) is 10.3. The molecule has 38 heavy (non-hydrogen) atoms. The first kappa shape index (κ1) is 27.4. The average Bonchev–Trinajstić information content (AvgIpc) is 2.96. The summed E-state index contributed by atoms with van der Waals surface area (Å²) in [5.41, 5.74) is 4.35. The summed E-state index contributed by atoms with van der Waals surface area (Å²) in [6.07, 6.45) is 6.85. The van der Waals surface area contributed by atoms with Crippen molar-refractivity contribution in [2.24, 2.45) is 0 Å². The van der Waals surface area contributed by atoms with Crippen LogP contribution in [0.1, 0.15) is 61.3 Å². The van der Waals surface area contributed by atoms with Gasteiger partial charge in [-0.3, -0.25) is 9.59 Å². The van der Waals surface area contributed by atoms with E-state index in [0.717, 1.165) is 48.8 Å². The summed E-state index contributed by atoms with van der Waals surface area (Å²) in [7, 11) is 0. The fraction of sp³-hybridized carbons (Fsp3) is 0.394. The van der Waals surface area contributed by atoms with E-state index >= 15 is 0 Å². The van der Waals surface area contributed by atoms with Gasteiger partial charge in [0, 0.05) is 19.0 Å². The number of amides is 2. The minimum Gasteiger partial charge on any atom is -0.484 e. The molecule has 5 nitrogen and oxygen atoms in total. The molecule has 0 saturated heterocycles. The highest BCUT2D eigenvalue weighted by atomic mass is 16.5. The van der Waals surface area contributed by atoms with E-state index in [4.69, 9.17) is 4.74 Å². The highest BCUT2D eigenvalue weighted by Crippen LogP contribution is 2.21. The van der Waals surface area contributed by atoms with Crippen LogP contribution in [0.4, 0.5) is 0 Å². The third-order valence-corrected chi connectivity index (χ3v) is 7.52. The van der Waals surface area contributed by atoms with Crippen LogP contribution in [0.2, 0.25) is 0 Å². The fourth-order valence-corrected chi connectivity index (χ4v) is 5.12.